The summed E-state index contributed by atoms with van der Waals surface area (Å²) in [6.07, 6.45) is 1.32. The molecule has 2 aromatic carbocycles. The van der Waals surface area contributed by atoms with Gasteiger partial charge in [-0.2, -0.15) is 10.5 Å². The van der Waals surface area contributed by atoms with Crippen molar-refractivity contribution in [1.82, 2.24) is 4.90 Å². The molecule has 0 radical (unpaired) electrons. The average Bonchev–Trinajstić information content (AvgIpc) is 3.08. The van der Waals surface area contributed by atoms with Crippen molar-refractivity contribution in [3.05, 3.63) is 53.1 Å². The van der Waals surface area contributed by atoms with Crippen LogP contribution in [-0.2, 0) is 13.1 Å². The van der Waals surface area contributed by atoms with Gasteiger partial charge in [-0.15, -0.1) is 0 Å². The Kier molecular flexibility index (Phi) is 4.85. The third-order valence-corrected chi connectivity index (χ3v) is 4.28. The smallest absolute Gasteiger partial charge is 0.179 e. The highest BCUT2D eigenvalue weighted by Gasteiger charge is 2.23. The molecule has 0 spiro atoms. The minimum atomic E-state index is -0.848. The van der Waals surface area contributed by atoms with Crippen LogP contribution in [0, 0.1) is 22.8 Å². The number of benzene rings is 2. The largest absolute Gasteiger partial charge is 0.394 e. The fourth-order valence-corrected chi connectivity index (χ4v) is 3.04. The zero-order chi connectivity index (χ0) is 17.8. The number of nitrogens with one attached hydrogen (secondary N) is 1. The Hall–Kier alpha value is -3.06. The van der Waals surface area contributed by atoms with Crippen LogP contribution in [0.2, 0.25) is 0 Å². The molecule has 6 heteroatoms. The highest BCUT2D eigenvalue weighted by molar-refractivity contribution is 5.78. The van der Waals surface area contributed by atoms with Gasteiger partial charge in [-0.25, -0.2) is 0 Å². The van der Waals surface area contributed by atoms with Crippen molar-refractivity contribution in [3.8, 4) is 23.4 Å². The quantitative estimate of drug-likeness (QED) is 0.720. The number of aliphatic hydroxyl groups excluding tert-OH is 2. The second kappa shape index (κ2) is 7.23. The summed E-state index contributed by atoms with van der Waals surface area (Å²) in [6.45, 7) is 0.937. The molecule has 0 aliphatic carbocycles. The SMILES string of the molecule is N#Cc1ccccc1-c1cc(NC[C@H](O)CO)cc2c1CN(C#N)C2. The van der Waals surface area contributed by atoms with E-state index in [9.17, 15) is 15.6 Å². The first-order valence-corrected chi connectivity index (χ1v) is 7.99. The van der Waals surface area contributed by atoms with Gasteiger partial charge in [0.2, 0.25) is 0 Å². The van der Waals surface area contributed by atoms with E-state index in [2.05, 4.69) is 17.6 Å². The molecule has 6 nitrogen and oxygen atoms in total. The van der Waals surface area contributed by atoms with Crippen molar-refractivity contribution in [2.75, 3.05) is 18.5 Å². The molecule has 3 rings (SSSR count). The number of hydrogen-bond donors (Lipinski definition) is 3. The maximum absolute atomic E-state index is 9.55. The van der Waals surface area contributed by atoms with Gasteiger partial charge in [-0.3, -0.25) is 0 Å². The fraction of sp³-hybridized carbons (Fsp3) is 0.263. The van der Waals surface area contributed by atoms with Crippen LogP contribution in [0.3, 0.4) is 0 Å². The highest BCUT2D eigenvalue weighted by Crippen LogP contribution is 2.36. The number of nitriles is 2. The van der Waals surface area contributed by atoms with E-state index in [-0.39, 0.29) is 13.2 Å². The van der Waals surface area contributed by atoms with Crippen LogP contribution in [0.25, 0.3) is 11.1 Å². The molecule has 1 atom stereocenters. The molecule has 0 bridgehead atoms. The second-order valence-electron chi connectivity index (χ2n) is 5.99. The van der Waals surface area contributed by atoms with Crippen LogP contribution >= 0.6 is 0 Å². The predicted molar refractivity (Wildman–Crippen MR) is 93.0 cm³/mol. The lowest BCUT2D eigenvalue weighted by atomic mass is 9.93. The van der Waals surface area contributed by atoms with Crippen molar-refractivity contribution in [3.63, 3.8) is 0 Å². The number of rotatable bonds is 5. The molecule has 0 saturated carbocycles. The molecular formula is C19H18N4O2. The number of anilines is 1. The predicted octanol–water partition coefficient (Wildman–Crippen LogP) is 1.79. The summed E-state index contributed by atoms with van der Waals surface area (Å²) in [5.41, 5.74) is 5.16. The Morgan fingerprint density at radius 3 is 2.68 bits per heavy atom. The van der Waals surface area contributed by atoms with Crippen LogP contribution in [-0.4, -0.2) is 34.4 Å². The van der Waals surface area contributed by atoms with Crippen LogP contribution < -0.4 is 5.32 Å². The molecule has 2 aromatic rings. The van der Waals surface area contributed by atoms with E-state index in [4.69, 9.17) is 5.11 Å². The first-order chi connectivity index (χ1) is 12.2. The van der Waals surface area contributed by atoms with Crippen molar-refractivity contribution in [1.29, 1.82) is 10.5 Å². The highest BCUT2D eigenvalue weighted by atomic mass is 16.3. The molecule has 3 N–H and O–H groups in total. The van der Waals surface area contributed by atoms with Gasteiger partial charge in [0, 0.05) is 12.2 Å². The lowest BCUT2D eigenvalue weighted by Gasteiger charge is -2.15. The van der Waals surface area contributed by atoms with E-state index < -0.39 is 6.10 Å². The summed E-state index contributed by atoms with van der Waals surface area (Å²) in [5, 5.41) is 40.3. The molecule has 0 amide bonds. The lowest BCUT2D eigenvalue weighted by molar-refractivity contribution is 0.105. The summed E-state index contributed by atoms with van der Waals surface area (Å²) >= 11 is 0. The van der Waals surface area contributed by atoms with Gasteiger partial charge in [-0.05, 0) is 40.5 Å². The van der Waals surface area contributed by atoms with Gasteiger partial charge in [0.25, 0.3) is 0 Å². The topological polar surface area (TPSA) is 103 Å². The van der Waals surface area contributed by atoms with Gasteiger partial charge >= 0.3 is 0 Å². The summed E-state index contributed by atoms with van der Waals surface area (Å²) in [7, 11) is 0. The van der Waals surface area contributed by atoms with Crippen molar-refractivity contribution in [2.45, 2.75) is 19.2 Å². The van der Waals surface area contributed by atoms with Gasteiger partial charge in [-0.1, -0.05) is 18.2 Å². The molecule has 25 heavy (non-hydrogen) atoms. The number of aliphatic hydroxyl groups is 2. The Morgan fingerprint density at radius 2 is 1.96 bits per heavy atom. The first-order valence-electron chi connectivity index (χ1n) is 7.99. The molecule has 0 saturated heterocycles. The summed E-state index contributed by atoms with van der Waals surface area (Å²) in [6, 6.07) is 13.5. The Morgan fingerprint density at radius 1 is 1.16 bits per heavy atom. The number of nitrogens with zero attached hydrogens (tertiary/aromatic N) is 3. The summed E-state index contributed by atoms with van der Waals surface area (Å²) < 4.78 is 0. The molecule has 0 aromatic heterocycles. The fourth-order valence-electron chi connectivity index (χ4n) is 3.04. The van der Waals surface area contributed by atoms with E-state index in [1.165, 1.54) is 0 Å². The van der Waals surface area contributed by atoms with Crippen LogP contribution in [0.15, 0.2) is 36.4 Å². The zero-order valence-corrected chi connectivity index (χ0v) is 13.6. The monoisotopic (exact) mass is 334 g/mol. The molecule has 126 valence electrons. The lowest BCUT2D eigenvalue weighted by Crippen LogP contribution is -2.23. The van der Waals surface area contributed by atoms with E-state index in [0.717, 1.165) is 27.9 Å². The van der Waals surface area contributed by atoms with E-state index >= 15 is 0 Å². The molecular weight excluding hydrogens is 316 g/mol. The number of hydrogen-bond acceptors (Lipinski definition) is 6. The first kappa shape index (κ1) is 16.8. The molecule has 1 heterocycles. The van der Waals surface area contributed by atoms with Crippen LogP contribution in [0.5, 0.6) is 0 Å². The number of fused-ring (bicyclic) bond motifs is 1. The molecule has 0 unspecified atom stereocenters. The van der Waals surface area contributed by atoms with Gasteiger partial charge < -0.3 is 20.4 Å². The maximum Gasteiger partial charge on any atom is 0.179 e. The summed E-state index contributed by atoms with van der Waals surface area (Å²) in [4.78, 5) is 1.66. The third kappa shape index (κ3) is 3.41. The maximum atomic E-state index is 9.55. The van der Waals surface area contributed by atoms with E-state index in [0.29, 0.717) is 18.7 Å². The van der Waals surface area contributed by atoms with E-state index in [1.54, 1.807) is 11.0 Å². The Balaban J connectivity index is 2.06. The zero-order valence-electron chi connectivity index (χ0n) is 13.6. The standard InChI is InChI=1S/C19H18N4O2/c20-7-13-3-1-2-4-17(13)18-6-15(22-8-16(25)11-24)5-14-9-23(12-21)10-19(14)18/h1-6,16,22,24-25H,8-11H2/t16-/m0/s1. The normalized spacial score (nSPS) is 13.7. The van der Waals surface area contributed by atoms with E-state index in [1.807, 2.05) is 30.3 Å². The molecule has 1 aliphatic heterocycles. The van der Waals surface area contributed by atoms with Crippen LogP contribution in [0.1, 0.15) is 16.7 Å². The van der Waals surface area contributed by atoms with Crippen molar-refractivity contribution in [2.24, 2.45) is 0 Å². The molecule has 0 fully saturated rings. The Bertz CT molecular complexity index is 867. The van der Waals surface area contributed by atoms with Crippen molar-refractivity contribution >= 4 is 5.69 Å². The third-order valence-electron chi connectivity index (χ3n) is 4.28. The second-order valence-corrected chi connectivity index (χ2v) is 5.99. The average molecular weight is 334 g/mol. The Labute approximate surface area is 146 Å². The molecule has 1 aliphatic rings. The van der Waals surface area contributed by atoms with Gasteiger partial charge in [0.05, 0.1) is 37.4 Å². The minimum Gasteiger partial charge on any atom is -0.394 e. The van der Waals surface area contributed by atoms with Gasteiger partial charge in [0.15, 0.2) is 6.19 Å². The minimum absolute atomic E-state index is 0.219. The van der Waals surface area contributed by atoms with Crippen LogP contribution in [0.4, 0.5) is 5.69 Å². The van der Waals surface area contributed by atoms with Gasteiger partial charge in [0.1, 0.15) is 0 Å². The summed E-state index contributed by atoms with van der Waals surface area (Å²) in [5.74, 6) is 0. The van der Waals surface area contributed by atoms with Crippen molar-refractivity contribution < 1.29 is 10.2 Å².